The summed E-state index contributed by atoms with van der Waals surface area (Å²) in [6, 6.07) is 0. The number of esters is 3. The van der Waals surface area contributed by atoms with Crippen LogP contribution in [0.5, 0.6) is 0 Å². The SMILES string of the molecule is CC/C=C\C/C=C\C/C=C\C/C=C\C/C=C\C/C=C\CCCCC(=O)OC(COC(=O)CCCCCCCCCCCC)COC(=O)CCCCCCCCCCCCCCCCCCCCCCCCCCC. The van der Waals surface area contributed by atoms with Crippen molar-refractivity contribution in [1.29, 1.82) is 0 Å². The van der Waals surface area contributed by atoms with Crippen molar-refractivity contribution in [2.24, 2.45) is 0 Å². The maximum Gasteiger partial charge on any atom is 0.306 e. The first-order chi connectivity index (χ1) is 36.5. The van der Waals surface area contributed by atoms with Gasteiger partial charge >= 0.3 is 17.9 Å². The van der Waals surface area contributed by atoms with Gasteiger partial charge in [-0.25, -0.2) is 0 Å². The molecule has 1 atom stereocenters. The second kappa shape index (κ2) is 62.4. The summed E-state index contributed by atoms with van der Waals surface area (Å²) in [5.41, 5.74) is 0. The molecule has 0 bridgehead atoms. The standard InChI is InChI=1S/C68H120O6/c1-4-7-10-13-16-19-22-24-26-28-30-32-33-34-35-37-38-40-42-44-46-49-52-55-58-61-67(70)73-64-65(63-72-66(69)60-57-54-51-48-21-18-15-12-9-6-3)74-68(71)62-59-56-53-50-47-45-43-41-39-36-31-29-27-25-23-20-17-14-11-8-5-2/h8,11,17,20,25,27,31,36,41,43,47,50,65H,4-7,9-10,12-16,18-19,21-24,26,28-30,32-35,37-40,42,44-46,48-49,51-64H2,1-3H3/b11-8-,20-17-,27-25-,36-31-,43-41-,50-47-. The first-order valence-electron chi connectivity index (χ1n) is 31.9. The quantitative estimate of drug-likeness (QED) is 0.0261. The molecule has 0 aromatic carbocycles. The van der Waals surface area contributed by atoms with E-state index < -0.39 is 6.10 Å². The van der Waals surface area contributed by atoms with Gasteiger partial charge in [0.1, 0.15) is 13.2 Å². The van der Waals surface area contributed by atoms with Crippen LogP contribution in [0.1, 0.15) is 323 Å². The second-order valence-electron chi connectivity index (χ2n) is 21.3. The summed E-state index contributed by atoms with van der Waals surface area (Å²) in [4.78, 5) is 38.2. The zero-order valence-corrected chi connectivity index (χ0v) is 49.1. The van der Waals surface area contributed by atoms with Crippen LogP contribution in [0.15, 0.2) is 72.9 Å². The van der Waals surface area contributed by atoms with E-state index in [-0.39, 0.29) is 37.5 Å². The average Bonchev–Trinajstić information content (AvgIpc) is 3.40. The van der Waals surface area contributed by atoms with Crippen LogP contribution in [0.3, 0.4) is 0 Å². The summed E-state index contributed by atoms with van der Waals surface area (Å²) in [7, 11) is 0. The summed E-state index contributed by atoms with van der Waals surface area (Å²) in [6.07, 6.45) is 80.7. The molecule has 74 heavy (non-hydrogen) atoms. The van der Waals surface area contributed by atoms with Gasteiger partial charge in [-0.15, -0.1) is 0 Å². The molecular weight excluding hydrogens is 913 g/mol. The molecule has 0 fully saturated rings. The summed E-state index contributed by atoms with van der Waals surface area (Å²) >= 11 is 0. The summed E-state index contributed by atoms with van der Waals surface area (Å²) in [6.45, 7) is 6.52. The second-order valence-corrected chi connectivity index (χ2v) is 21.3. The van der Waals surface area contributed by atoms with E-state index in [0.717, 1.165) is 89.9 Å². The van der Waals surface area contributed by atoms with Gasteiger partial charge in [0.05, 0.1) is 0 Å². The van der Waals surface area contributed by atoms with Crippen molar-refractivity contribution in [1.82, 2.24) is 0 Å². The fourth-order valence-electron chi connectivity index (χ4n) is 9.21. The van der Waals surface area contributed by atoms with Gasteiger partial charge in [-0.05, 0) is 70.6 Å². The molecule has 0 rings (SSSR count). The van der Waals surface area contributed by atoms with E-state index in [2.05, 4.69) is 93.7 Å². The first kappa shape index (κ1) is 70.8. The lowest BCUT2D eigenvalue weighted by molar-refractivity contribution is -0.167. The van der Waals surface area contributed by atoms with E-state index >= 15 is 0 Å². The molecule has 0 N–H and O–H groups in total. The Kier molecular flexibility index (Phi) is 59.7. The molecule has 0 saturated carbocycles. The number of hydrogen-bond acceptors (Lipinski definition) is 6. The third-order valence-electron chi connectivity index (χ3n) is 14.0. The van der Waals surface area contributed by atoms with Crippen molar-refractivity contribution < 1.29 is 28.6 Å². The van der Waals surface area contributed by atoms with Crippen molar-refractivity contribution in [3.63, 3.8) is 0 Å². The predicted molar refractivity (Wildman–Crippen MR) is 321 cm³/mol. The van der Waals surface area contributed by atoms with Gasteiger partial charge in [-0.2, -0.15) is 0 Å². The Labute approximate surface area is 459 Å². The normalized spacial score (nSPS) is 12.5. The molecular formula is C68H120O6. The molecule has 0 amide bonds. The lowest BCUT2D eigenvalue weighted by Gasteiger charge is -2.18. The Morgan fingerprint density at radius 3 is 0.824 bits per heavy atom. The summed E-state index contributed by atoms with van der Waals surface area (Å²) in [5, 5.41) is 0. The van der Waals surface area contributed by atoms with Gasteiger partial charge in [0, 0.05) is 19.3 Å². The van der Waals surface area contributed by atoms with Crippen LogP contribution in [0, 0.1) is 0 Å². The number of allylic oxidation sites excluding steroid dienone is 12. The maximum absolute atomic E-state index is 12.9. The Hall–Kier alpha value is -3.15. The molecule has 6 nitrogen and oxygen atoms in total. The summed E-state index contributed by atoms with van der Waals surface area (Å²) in [5.74, 6) is -0.920. The first-order valence-corrected chi connectivity index (χ1v) is 31.9. The highest BCUT2D eigenvalue weighted by molar-refractivity contribution is 5.71. The van der Waals surface area contributed by atoms with Gasteiger partial charge in [0.25, 0.3) is 0 Å². The van der Waals surface area contributed by atoms with Gasteiger partial charge in [0.15, 0.2) is 6.10 Å². The van der Waals surface area contributed by atoms with Gasteiger partial charge in [-0.3, -0.25) is 14.4 Å². The number of rotatable bonds is 58. The largest absolute Gasteiger partial charge is 0.462 e. The molecule has 0 aromatic rings. The van der Waals surface area contributed by atoms with E-state index in [4.69, 9.17) is 14.2 Å². The average molecular weight is 1030 g/mol. The number of ether oxygens (including phenoxy) is 3. The molecule has 0 heterocycles. The van der Waals surface area contributed by atoms with Crippen molar-refractivity contribution in [2.75, 3.05) is 13.2 Å². The Morgan fingerprint density at radius 2 is 0.527 bits per heavy atom. The van der Waals surface area contributed by atoms with Gasteiger partial charge < -0.3 is 14.2 Å². The third kappa shape index (κ3) is 59.7. The smallest absolute Gasteiger partial charge is 0.306 e. The molecule has 0 saturated heterocycles. The van der Waals surface area contributed by atoms with Gasteiger partial charge in [-0.1, -0.05) is 306 Å². The highest BCUT2D eigenvalue weighted by Crippen LogP contribution is 2.17. The minimum absolute atomic E-state index is 0.0892. The maximum atomic E-state index is 12.9. The Morgan fingerprint density at radius 1 is 0.284 bits per heavy atom. The van der Waals surface area contributed by atoms with Crippen LogP contribution in [0.25, 0.3) is 0 Å². The lowest BCUT2D eigenvalue weighted by Crippen LogP contribution is -2.30. The molecule has 0 aromatic heterocycles. The van der Waals surface area contributed by atoms with Crippen LogP contribution in [0.2, 0.25) is 0 Å². The molecule has 0 aliphatic carbocycles. The van der Waals surface area contributed by atoms with Gasteiger partial charge in [0.2, 0.25) is 0 Å². The van der Waals surface area contributed by atoms with Crippen LogP contribution < -0.4 is 0 Å². The highest BCUT2D eigenvalue weighted by Gasteiger charge is 2.19. The van der Waals surface area contributed by atoms with Crippen molar-refractivity contribution in [3.8, 4) is 0 Å². The molecule has 6 heteroatoms. The Bertz CT molecular complexity index is 1370. The topological polar surface area (TPSA) is 78.9 Å². The fraction of sp³-hybridized carbons (Fsp3) is 0.779. The molecule has 1 unspecified atom stereocenters. The molecule has 0 spiro atoms. The van der Waals surface area contributed by atoms with Crippen LogP contribution in [-0.2, 0) is 28.6 Å². The monoisotopic (exact) mass is 1030 g/mol. The van der Waals surface area contributed by atoms with Crippen LogP contribution in [0.4, 0.5) is 0 Å². The van der Waals surface area contributed by atoms with E-state index in [1.54, 1.807) is 0 Å². The van der Waals surface area contributed by atoms with Crippen LogP contribution >= 0.6 is 0 Å². The van der Waals surface area contributed by atoms with E-state index in [1.165, 1.54) is 186 Å². The Balaban J connectivity index is 4.27. The molecule has 428 valence electrons. The molecule has 0 aliphatic rings. The molecule has 0 aliphatic heterocycles. The van der Waals surface area contributed by atoms with Crippen LogP contribution in [-0.4, -0.2) is 37.2 Å². The molecule has 0 radical (unpaired) electrons. The van der Waals surface area contributed by atoms with E-state index in [9.17, 15) is 14.4 Å². The minimum atomic E-state index is -0.796. The zero-order chi connectivity index (χ0) is 53.6. The lowest BCUT2D eigenvalue weighted by atomic mass is 10.0. The number of carbonyl (C=O) groups excluding carboxylic acids is 3. The summed E-state index contributed by atoms with van der Waals surface area (Å²) < 4.78 is 16.9. The fourth-order valence-corrected chi connectivity index (χ4v) is 9.21. The minimum Gasteiger partial charge on any atom is -0.462 e. The highest BCUT2D eigenvalue weighted by atomic mass is 16.6. The van der Waals surface area contributed by atoms with Crippen molar-refractivity contribution >= 4 is 17.9 Å². The predicted octanol–water partition coefficient (Wildman–Crippen LogP) is 21.7. The number of carbonyl (C=O) groups is 3. The van der Waals surface area contributed by atoms with Crippen molar-refractivity contribution in [3.05, 3.63) is 72.9 Å². The zero-order valence-electron chi connectivity index (χ0n) is 49.1. The van der Waals surface area contributed by atoms with E-state index in [1.807, 2.05) is 0 Å². The van der Waals surface area contributed by atoms with Crippen molar-refractivity contribution in [2.45, 2.75) is 329 Å². The number of hydrogen-bond donors (Lipinski definition) is 0. The van der Waals surface area contributed by atoms with E-state index in [0.29, 0.717) is 19.3 Å². The number of unbranched alkanes of at least 4 members (excludes halogenated alkanes) is 35. The third-order valence-corrected chi connectivity index (χ3v) is 14.0.